The van der Waals surface area contributed by atoms with E-state index in [1.165, 1.54) is 10.4 Å². The number of amides is 1. The number of hydrogen-bond donors (Lipinski definition) is 2. The fourth-order valence-corrected chi connectivity index (χ4v) is 4.05. The molecule has 0 spiro atoms. The highest BCUT2D eigenvalue weighted by Crippen LogP contribution is 2.50. The van der Waals surface area contributed by atoms with Gasteiger partial charge >= 0.3 is 5.97 Å². The largest absolute Gasteiger partial charge is 0.482 e. The molecular weight excluding hydrogens is 338 g/mol. The third-order valence-corrected chi connectivity index (χ3v) is 5.62. The molecule has 132 valence electrons. The number of aryl methyl sites for hydroxylation is 1. The molecule has 1 aliphatic rings. The van der Waals surface area contributed by atoms with Crippen LogP contribution < -0.4 is 10.1 Å². The van der Waals surface area contributed by atoms with Crippen molar-refractivity contribution in [2.24, 2.45) is 5.92 Å². The lowest BCUT2D eigenvalue weighted by Crippen LogP contribution is -2.28. The number of carbonyl (C=O) groups is 2. The lowest BCUT2D eigenvalue weighted by molar-refractivity contribution is -0.139. The van der Waals surface area contributed by atoms with Crippen molar-refractivity contribution in [3.8, 4) is 5.75 Å². The Labute approximate surface area is 150 Å². The Kier molecular flexibility index (Phi) is 5.08. The zero-order valence-electron chi connectivity index (χ0n) is 14.2. The maximum Gasteiger partial charge on any atom is 0.341 e. The number of ether oxygens (including phenoxy) is 1. The Morgan fingerprint density at radius 2 is 2.04 bits per heavy atom. The van der Waals surface area contributed by atoms with E-state index in [1.54, 1.807) is 23.5 Å². The van der Waals surface area contributed by atoms with E-state index in [9.17, 15) is 9.59 Å². The van der Waals surface area contributed by atoms with Gasteiger partial charge in [0.15, 0.2) is 6.61 Å². The lowest BCUT2D eigenvalue weighted by atomic mass is 10.1. The van der Waals surface area contributed by atoms with Crippen molar-refractivity contribution in [2.45, 2.75) is 32.2 Å². The van der Waals surface area contributed by atoms with Crippen LogP contribution in [0.1, 0.15) is 41.3 Å². The summed E-state index contributed by atoms with van der Waals surface area (Å²) < 4.78 is 5.11. The highest BCUT2D eigenvalue weighted by Gasteiger charge is 2.45. The molecule has 0 radical (unpaired) electrons. The number of benzene rings is 1. The molecule has 2 N–H and O–H groups in total. The molecule has 3 atom stereocenters. The van der Waals surface area contributed by atoms with Gasteiger partial charge in [0.25, 0.3) is 0 Å². The highest BCUT2D eigenvalue weighted by atomic mass is 32.1. The van der Waals surface area contributed by atoms with Crippen molar-refractivity contribution < 1.29 is 19.4 Å². The van der Waals surface area contributed by atoms with E-state index in [-0.39, 0.29) is 24.5 Å². The molecule has 2 aromatic rings. The smallest absolute Gasteiger partial charge is 0.341 e. The van der Waals surface area contributed by atoms with Gasteiger partial charge < -0.3 is 15.2 Å². The second-order valence-electron chi connectivity index (χ2n) is 6.40. The Balaban J connectivity index is 1.54. The molecule has 0 saturated heterocycles. The van der Waals surface area contributed by atoms with Crippen LogP contribution >= 0.6 is 11.3 Å². The van der Waals surface area contributed by atoms with Gasteiger partial charge in [-0.1, -0.05) is 12.1 Å². The van der Waals surface area contributed by atoms with Crippen molar-refractivity contribution in [1.82, 2.24) is 5.32 Å². The van der Waals surface area contributed by atoms with Gasteiger partial charge in [0.2, 0.25) is 5.91 Å². The van der Waals surface area contributed by atoms with E-state index >= 15 is 0 Å². The zero-order chi connectivity index (χ0) is 18.0. The molecular formula is C19H21NO4S. The van der Waals surface area contributed by atoms with Crippen LogP contribution in [0.2, 0.25) is 0 Å². The van der Waals surface area contributed by atoms with Crippen LogP contribution in [0.25, 0.3) is 0 Å². The third-order valence-electron chi connectivity index (χ3n) is 4.47. The Hall–Kier alpha value is -2.34. The van der Waals surface area contributed by atoms with E-state index in [1.807, 2.05) is 19.1 Å². The molecule has 0 bridgehead atoms. The fourth-order valence-electron chi connectivity index (χ4n) is 2.94. The summed E-state index contributed by atoms with van der Waals surface area (Å²) in [6.45, 7) is 3.67. The highest BCUT2D eigenvalue weighted by molar-refractivity contribution is 7.10. The van der Waals surface area contributed by atoms with E-state index in [2.05, 4.69) is 23.7 Å². The van der Waals surface area contributed by atoms with Gasteiger partial charge in [-0.2, -0.15) is 0 Å². The minimum atomic E-state index is -1.01. The van der Waals surface area contributed by atoms with Crippen LogP contribution in [0.15, 0.2) is 35.7 Å². The molecule has 25 heavy (non-hydrogen) atoms. The van der Waals surface area contributed by atoms with E-state index in [4.69, 9.17) is 9.84 Å². The minimum absolute atomic E-state index is 0.0676. The first kappa shape index (κ1) is 17.5. The predicted molar refractivity (Wildman–Crippen MR) is 96.0 cm³/mol. The first-order chi connectivity index (χ1) is 12.0. The quantitative estimate of drug-likeness (QED) is 0.793. The van der Waals surface area contributed by atoms with Crippen molar-refractivity contribution in [3.63, 3.8) is 0 Å². The molecule has 5 nitrogen and oxygen atoms in total. The number of nitrogens with one attached hydrogen (secondary N) is 1. The normalized spacial score (nSPS) is 19.9. The molecule has 1 fully saturated rings. The number of aliphatic carboxylic acids is 1. The summed E-state index contributed by atoms with van der Waals surface area (Å²) in [6.07, 6.45) is 0.919. The molecule has 0 aliphatic heterocycles. The van der Waals surface area contributed by atoms with Gasteiger partial charge in [0.1, 0.15) is 5.75 Å². The molecule has 1 heterocycles. The maximum atomic E-state index is 12.5. The van der Waals surface area contributed by atoms with E-state index in [0.717, 1.165) is 12.0 Å². The second-order valence-corrected chi connectivity index (χ2v) is 7.35. The fraction of sp³-hybridized carbons (Fsp3) is 0.368. The number of carboxylic acid groups (broad SMARTS) is 1. The van der Waals surface area contributed by atoms with Crippen molar-refractivity contribution in [1.29, 1.82) is 0 Å². The van der Waals surface area contributed by atoms with Gasteiger partial charge in [-0.25, -0.2) is 4.79 Å². The number of rotatable bonds is 7. The summed E-state index contributed by atoms with van der Waals surface area (Å²) in [5, 5.41) is 13.8. The average Bonchev–Trinajstić information content (AvgIpc) is 3.27. The summed E-state index contributed by atoms with van der Waals surface area (Å²) >= 11 is 1.73. The predicted octanol–water partition coefficient (Wildman–Crippen LogP) is 3.50. The molecule has 6 heteroatoms. The first-order valence-electron chi connectivity index (χ1n) is 8.24. The van der Waals surface area contributed by atoms with Crippen molar-refractivity contribution in [3.05, 3.63) is 51.7 Å². The molecule has 1 amide bonds. The van der Waals surface area contributed by atoms with Crippen LogP contribution in [0.5, 0.6) is 5.75 Å². The van der Waals surface area contributed by atoms with Crippen LogP contribution in [-0.4, -0.2) is 23.6 Å². The number of hydrogen-bond acceptors (Lipinski definition) is 4. The zero-order valence-corrected chi connectivity index (χ0v) is 15.0. The van der Waals surface area contributed by atoms with Gasteiger partial charge in [-0.05, 0) is 55.0 Å². The maximum absolute atomic E-state index is 12.5. The van der Waals surface area contributed by atoms with Crippen LogP contribution in [0, 0.1) is 12.8 Å². The van der Waals surface area contributed by atoms with Crippen LogP contribution in [-0.2, 0) is 9.59 Å². The molecule has 1 aromatic carbocycles. The standard InChI is InChI=1S/C19H21NO4S/c1-11-7-8-25-18(11)15-9-16(15)19(23)20-12(2)13-3-5-14(6-4-13)24-10-17(21)22/h3-8,12,15-16H,9-10H2,1-2H3,(H,20,23)(H,21,22). The third kappa shape index (κ3) is 4.20. The summed E-state index contributed by atoms with van der Waals surface area (Å²) in [5.41, 5.74) is 2.23. The summed E-state index contributed by atoms with van der Waals surface area (Å²) in [5.74, 6) is 0.0123. The summed E-state index contributed by atoms with van der Waals surface area (Å²) in [6, 6.07) is 9.12. The minimum Gasteiger partial charge on any atom is -0.482 e. The van der Waals surface area contributed by atoms with Gasteiger partial charge in [-0.3, -0.25) is 4.79 Å². The number of thiophene rings is 1. The van der Waals surface area contributed by atoms with Gasteiger partial charge in [0, 0.05) is 16.7 Å². The lowest BCUT2D eigenvalue weighted by Gasteiger charge is -2.15. The van der Waals surface area contributed by atoms with Gasteiger partial charge in [-0.15, -0.1) is 11.3 Å². The molecule has 1 aliphatic carbocycles. The van der Waals surface area contributed by atoms with Crippen LogP contribution in [0.3, 0.4) is 0 Å². The first-order valence-corrected chi connectivity index (χ1v) is 9.12. The van der Waals surface area contributed by atoms with E-state index in [0.29, 0.717) is 11.7 Å². The Morgan fingerprint density at radius 3 is 2.64 bits per heavy atom. The molecule has 3 unspecified atom stereocenters. The topological polar surface area (TPSA) is 75.6 Å². The van der Waals surface area contributed by atoms with Crippen molar-refractivity contribution in [2.75, 3.05) is 6.61 Å². The van der Waals surface area contributed by atoms with Crippen LogP contribution in [0.4, 0.5) is 0 Å². The van der Waals surface area contributed by atoms with Crippen molar-refractivity contribution >= 4 is 23.2 Å². The second kappa shape index (κ2) is 7.27. The Bertz CT molecular complexity index is 768. The molecule has 1 saturated carbocycles. The monoisotopic (exact) mass is 359 g/mol. The van der Waals surface area contributed by atoms with Gasteiger partial charge in [0.05, 0.1) is 6.04 Å². The summed E-state index contributed by atoms with van der Waals surface area (Å²) in [7, 11) is 0. The summed E-state index contributed by atoms with van der Waals surface area (Å²) in [4.78, 5) is 24.3. The average molecular weight is 359 g/mol. The van der Waals surface area contributed by atoms with E-state index < -0.39 is 5.97 Å². The number of carboxylic acids is 1. The molecule has 1 aromatic heterocycles. The molecule has 3 rings (SSSR count). The SMILES string of the molecule is Cc1ccsc1C1CC1C(=O)NC(C)c1ccc(OCC(=O)O)cc1. The number of carbonyl (C=O) groups excluding carboxylic acids is 1. The Morgan fingerprint density at radius 1 is 1.32 bits per heavy atom.